The summed E-state index contributed by atoms with van der Waals surface area (Å²) in [5.74, 6) is -0.328. The highest BCUT2D eigenvalue weighted by molar-refractivity contribution is 7.99. The molecule has 5 atom stereocenters. The highest BCUT2D eigenvalue weighted by Crippen LogP contribution is 2.45. The summed E-state index contributed by atoms with van der Waals surface area (Å²) in [5.41, 5.74) is 5.91. The zero-order chi connectivity index (χ0) is 22.0. The summed E-state index contributed by atoms with van der Waals surface area (Å²) < 4.78 is 13.4. The number of esters is 1. The Morgan fingerprint density at radius 1 is 1.33 bits per heavy atom. The number of rotatable bonds is 6. The second-order valence-corrected chi connectivity index (χ2v) is 9.62. The molecule has 1 saturated heterocycles. The lowest BCUT2D eigenvalue weighted by atomic mass is 9.84. The molecule has 2 unspecified atom stereocenters. The van der Waals surface area contributed by atoms with Gasteiger partial charge < -0.3 is 15.2 Å². The maximum Gasteiger partial charge on any atom is 0.302 e. The van der Waals surface area contributed by atoms with Crippen LogP contribution in [-0.2, 0) is 14.3 Å². The number of halogens is 2. The molecule has 0 aliphatic carbocycles. The molecule has 162 valence electrons. The second-order valence-electron chi connectivity index (χ2n) is 7.20. The summed E-state index contributed by atoms with van der Waals surface area (Å²) in [6.07, 6.45) is 1.42. The van der Waals surface area contributed by atoms with Gasteiger partial charge in [0.1, 0.15) is 22.7 Å². The summed E-state index contributed by atoms with van der Waals surface area (Å²) in [7, 11) is 0. The summed E-state index contributed by atoms with van der Waals surface area (Å²) >= 11 is 18.8. The van der Waals surface area contributed by atoms with Crippen molar-refractivity contribution in [3.8, 4) is 0 Å². The largest absolute Gasteiger partial charge is 0.463 e. The zero-order valence-electron chi connectivity index (χ0n) is 16.6. The summed E-state index contributed by atoms with van der Waals surface area (Å²) in [4.78, 5) is 12.5. The SMILES string of the molecule is CC(=O)OCC1O[C@H](Sc2ccc(Cl)c(Cl)c2)C(C)[C@@H](n2cc(C(N)=S)nn2)[C@H]1C. The molecular weight excluding hydrogens is 467 g/mol. The Hall–Kier alpha value is -1.39. The lowest BCUT2D eigenvalue weighted by molar-refractivity contribution is -0.156. The van der Waals surface area contributed by atoms with E-state index in [1.807, 2.05) is 13.0 Å². The molecular formula is C19H22Cl2N4O3S2. The molecule has 0 radical (unpaired) electrons. The third kappa shape index (κ3) is 5.26. The number of benzene rings is 1. The van der Waals surface area contributed by atoms with Crippen LogP contribution in [0.3, 0.4) is 0 Å². The third-order valence-electron chi connectivity index (χ3n) is 5.06. The first-order chi connectivity index (χ1) is 14.2. The van der Waals surface area contributed by atoms with Gasteiger partial charge in [-0.15, -0.1) is 5.10 Å². The van der Waals surface area contributed by atoms with Gasteiger partial charge in [0, 0.05) is 23.7 Å². The number of nitrogens with zero attached hydrogens (tertiary/aromatic N) is 3. The summed E-state index contributed by atoms with van der Waals surface area (Å²) in [5, 5.41) is 9.29. The predicted molar refractivity (Wildman–Crippen MR) is 121 cm³/mol. The van der Waals surface area contributed by atoms with Crippen molar-refractivity contribution < 1.29 is 14.3 Å². The minimum atomic E-state index is -0.355. The number of thioether (sulfide) groups is 1. The van der Waals surface area contributed by atoms with Crippen molar-refractivity contribution in [1.29, 1.82) is 0 Å². The van der Waals surface area contributed by atoms with Crippen molar-refractivity contribution in [3.05, 3.63) is 40.1 Å². The van der Waals surface area contributed by atoms with Crippen LogP contribution in [0.4, 0.5) is 0 Å². The first-order valence-corrected chi connectivity index (χ1v) is 11.3. The first kappa shape index (κ1) is 23.3. The molecule has 1 aromatic carbocycles. The molecule has 0 spiro atoms. The Kier molecular flexibility index (Phi) is 7.62. The molecule has 7 nitrogen and oxygen atoms in total. The van der Waals surface area contributed by atoms with Crippen molar-refractivity contribution in [2.24, 2.45) is 17.6 Å². The van der Waals surface area contributed by atoms with Crippen molar-refractivity contribution in [2.45, 2.75) is 43.2 Å². The fourth-order valence-electron chi connectivity index (χ4n) is 3.51. The number of ether oxygens (including phenoxy) is 2. The lowest BCUT2D eigenvalue weighted by Gasteiger charge is -2.44. The molecule has 1 fully saturated rings. The number of aromatic nitrogens is 3. The fourth-order valence-corrected chi connectivity index (χ4v) is 5.14. The molecule has 3 rings (SSSR count). The van der Waals surface area contributed by atoms with Gasteiger partial charge >= 0.3 is 5.97 Å². The van der Waals surface area contributed by atoms with E-state index in [9.17, 15) is 4.79 Å². The Morgan fingerprint density at radius 2 is 2.07 bits per heavy atom. The molecule has 0 saturated carbocycles. The molecule has 2 aromatic rings. The number of thiocarbonyl (C=S) groups is 1. The van der Waals surface area contributed by atoms with Crippen molar-refractivity contribution >= 4 is 58.1 Å². The van der Waals surface area contributed by atoms with E-state index in [2.05, 4.69) is 17.2 Å². The molecule has 30 heavy (non-hydrogen) atoms. The molecule has 1 aromatic heterocycles. The van der Waals surface area contributed by atoms with E-state index in [0.29, 0.717) is 15.7 Å². The van der Waals surface area contributed by atoms with Gasteiger partial charge in [-0.3, -0.25) is 4.79 Å². The fraction of sp³-hybridized carbons (Fsp3) is 0.474. The zero-order valence-corrected chi connectivity index (χ0v) is 19.8. The predicted octanol–water partition coefficient (Wildman–Crippen LogP) is 4.11. The summed E-state index contributed by atoms with van der Waals surface area (Å²) in [6, 6.07) is 5.38. The van der Waals surface area contributed by atoms with E-state index in [1.165, 1.54) is 18.7 Å². The lowest BCUT2D eigenvalue weighted by Crippen LogP contribution is -2.47. The van der Waals surface area contributed by atoms with Crippen LogP contribution in [0, 0.1) is 11.8 Å². The van der Waals surface area contributed by atoms with Gasteiger partial charge in [-0.05, 0) is 18.2 Å². The monoisotopic (exact) mass is 488 g/mol. The van der Waals surface area contributed by atoms with Gasteiger partial charge in [0.05, 0.1) is 28.4 Å². The molecule has 11 heteroatoms. The van der Waals surface area contributed by atoms with Gasteiger partial charge in [-0.2, -0.15) is 0 Å². The van der Waals surface area contributed by atoms with Crippen LogP contribution < -0.4 is 5.73 Å². The van der Waals surface area contributed by atoms with E-state index >= 15 is 0 Å². The van der Waals surface area contributed by atoms with E-state index in [-0.39, 0.29) is 47.0 Å². The minimum absolute atomic E-state index is 0.00842. The Balaban J connectivity index is 1.89. The van der Waals surface area contributed by atoms with E-state index in [4.69, 9.17) is 50.6 Å². The van der Waals surface area contributed by atoms with Gasteiger partial charge in [0.2, 0.25) is 0 Å². The highest BCUT2D eigenvalue weighted by Gasteiger charge is 2.44. The topological polar surface area (TPSA) is 92.3 Å². The second kappa shape index (κ2) is 9.82. The number of carbonyl (C=O) groups is 1. The first-order valence-electron chi connectivity index (χ1n) is 9.29. The number of hydrogen-bond donors (Lipinski definition) is 1. The molecule has 2 heterocycles. The average molecular weight is 489 g/mol. The van der Waals surface area contributed by atoms with Crippen LogP contribution in [0.1, 0.15) is 32.5 Å². The Morgan fingerprint density at radius 3 is 2.67 bits per heavy atom. The third-order valence-corrected chi connectivity index (χ3v) is 7.31. The normalized spacial score (nSPS) is 26.4. The quantitative estimate of drug-likeness (QED) is 0.479. The average Bonchev–Trinajstić information content (AvgIpc) is 3.16. The molecule has 1 aliphatic heterocycles. The maximum absolute atomic E-state index is 11.4. The van der Waals surface area contributed by atoms with Crippen LogP contribution >= 0.6 is 47.2 Å². The minimum Gasteiger partial charge on any atom is -0.463 e. The van der Waals surface area contributed by atoms with Crippen LogP contribution in [0.5, 0.6) is 0 Å². The van der Waals surface area contributed by atoms with Gasteiger partial charge in [-0.25, -0.2) is 4.68 Å². The van der Waals surface area contributed by atoms with E-state index in [0.717, 1.165) is 4.90 Å². The van der Waals surface area contributed by atoms with E-state index < -0.39 is 0 Å². The van der Waals surface area contributed by atoms with Crippen molar-refractivity contribution in [2.75, 3.05) is 6.61 Å². The summed E-state index contributed by atoms with van der Waals surface area (Å²) in [6.45, 7) is 5.65. The molecule has 0 amide bonds. The van der Waals surface area contributed by atoms with E-state index in [1.54, 1.807) is 23.0 Å². The standard InChI is InChI=1S/C19H22Cl2N4O3S2/c1-9-16(8-27-11(3)26)28-19(30-12-4-5-13(20)14(21)6-12)10(2)17(9)25-7-15(18(22)29)23-24-25/h4-7,9-10,16-17,19H,8H2,1-3H3,(H2,22,29)/t9-,10?,16?,17-,19+/m0/s1. The van der Waals surface area contributed by atoms with Gasteiger partial charge in [0.15, 0.2) is 0 Å². The van der Waals surface area contributed by atoms with Crippen molar-refractivity contribution in [1.82, 2.24) is 15.0 Å². The maximum atomic E-state index is 11.4. The Bertz CT molecular complexity index is 942. The van der Waals surface area contributed by atoms with Gasteiger partial charge in [-0.1, -0.05) is 66.2 Å². The molecule has 0 bridgehead atoms. The molecule has 1 aliphatic rings. The number of carbonyl (C=O) groups excluding carboxylic acids is 1. The molecule has 2 N–H and O–H groups in total. The van der Waals surface area contributed by atoms with Crippen LogP contribution in [-0.4, -0.2) is 44.1 Å². The van der Waals surface area contributed by atoms with Crippen molar-refractivity contribution in [3.63, 3.8) is 0 Å². The highest BCUT2D eigenvalue weighted by atomic mass is 35.5. The number of hydrogen-bond acceptors (Lipinski definition) is 7. The van der Waals surface area contributed by atoms with Crippen LogP contribution in [0.25, 0.3) is 0 Å². The smallest absolute Gasteiger partial charge is 0.302 e. The van der Waals surface area contributed by atoms with Crippen LogP contribution in [0.2, 0.25) is 10.0 Å². The van der Waals surface area contributed by atoms with Crippen LogP contribution in [0.15, 0.2) is 29.3 Å². The van der Waals surface area contributed by atoms with Gasteiger partial charge in [0.25, 0.3) is 0 Å². The Labute approximate surface area is 194 Å². The number of nitrogens with two attached hydrogens (primary N) is 1.